The summed E-state index contributed by atoms with van der Waals surface area (Å²) in [4.78, 5) is 14.4. The number of carbonyl (C=O) groups excluding carboxylic acids is 1. The van der Waals surface area contributed by atoms with Gasteiger partial charge in [-0.05, 0) is 48.2 Å². The Morgan fingerprint density at radius 1 is 1.23 bits per heavy atom. The van der Waals surface area contributed by atoms with E-state index >= 15 is 0 Å². The molecule has 0 radical (unpaired) electrons. The molecule has 2 aromatic rings. The van der Waals surface area contributed by atoms with Gasteiger partial charge in [0.2, 0.25) is 5.91 Å². The second-order valence-corrected chi connectivity index (χ2v) is 6.04. The van der Waals surface area contributed by atoms with Gasteiger partial charge in [0.15, 0.2) is 0 Å². The second-order valence-electron chi connectivity index (χ2n) is 5.60. The maximum Gasteiger partial charge on any atom is 0.227 e. The molecule has 0 bridgehead atoms. The smallest absolute Gasteiger partial charge is 0.227 e. The predicted octanol–water partition coefficient (Wildman–Crippen LogP) is 4.39. The van der Waals surface area contributed by atoms with Crippen molar-refractivity contribution in [2.24, 2.45) is 0 Å². The molecule has 114 valence electrons. The summed E-state index contributed by atoms with van der Waals surface area (Å²) in [6, 6.07) is 13.8. The molecule has 1 atom stereocenters. The predicted molar refractivity (Wildman–Crippen MR) is 85.2 cm³/mol. The van der Waals surface area contributed by atoms with Crippen molar-refractivity contribution in [1.29, 1.82) is 0 Å². The standard InChI is InChI=1S/C18H17ClFNO/c19-15-8-6-13(7-9-15)11-18(22)21-10-2-5-17(21)14-3-1-4-16(20)12-14/h1,3-4,6-9,12,17H,2,5,10-11H2/t17-/m0/s1. The minimum Gasteiger partial charge on any atom is -0.335 e. The first-order valence-corrected chi connectivity index (χ1v) is 7.80. The van der Waals surface area contributed by atoms with Crippen LogP contribution in [0.3, 0.4) is 0 Å². The lowest BCUT2D eigenvalue weighted by Crippen LogP contribution is -2.31. The Hall–Kier alpha value is -1.87. The highest BCUT2D eigenvalue weighted by molar-refractivity contribution is 6.30. The van der Waals surface area contributed by atoms with Gasteiger partial charge < -0.3 is 4.90 Å². The number of hydrogen-bond donors (Lipinski definition) is 0. The highest BCUT2D eigenvalue weighted by atomic mass is 35.5. The lowest BCUT2D eigenvalue weighted by molar-refractivity contribution is -0.131. The maximum absolute atomic E-state index is 13.4. The van der Waals surface area contributed by atoms with Gasteiger partial charge in [0.05, 0.1) is 12.5 Å². The summed E-state index contributed by atoms with van der Waals surface area (Å²) < 4.78 is 13.4. The van der Waals surface area contributed by atoms with Crippen molar-refractivity contribution in [1.82, 2.24) is 4.90 Å². The van der Waals surface area contributed by atoms with Gasteiger partial charge in [0, 0.05) is 11.6 Å². The third-order valence-electron chi connectivity index (χ3n) is 4.08. The highest BCUT2D eigenvalue weighted by Gasteiger charge is 2.29. The van der Waals surface area contributed by atoms with Crippen LogP contribution in [-0.4, -0.2) is 17.4 Å². The van der Waals surface area contributed by atoms with E-state index in [0.717, 1.165) is 30.5 Å². The van der Waals surface area contributed by atoms with E-state index in [1.165, 1.54) is 12.1 Å². The Bertz CT molecular complexity index is 671. The van der Waals surface area contributed by atoms with E-state index in [1.807, 2.05) is 23.1 Å². The monoisotopic (exact) mass is 317 g/mol. The number of benzene rings is 2. The molecule has 4 heteroatoms. The summed E-state index contributed by atoms with van der Waals surface area (Å²) in [7, 11) is 0. The topological polar surface area (TPSA) is 20.3 Å². The quantitative estimate of drug-likeness (QED) is 0.822. The van der Waals surface area contributed by atoms with Crippen molar-refractivity contribution >= 4 is 17.5 Å². The van der Waals surface area contributed by atoms with Gasteiger partial charge in [-0.25, -0.2) is 4.39 Å². The Balaban J connectivity index is 1.75. The first-order chi connectivity index (χ1) is 10.6. The van der Waals surface area contributed by atoms with Crippen LogP contribution in [0.4, 0.5) is 4.39 Å². The van der Waals surface area contributed by atoms with E-state index < -0.39 is 0 Å². The molecule has 0 N–H and O–H groups in total. The molecule has 0 aromatic heterocycles. The van der Waals surface area contributed by atoms with E-state index in [2.05, 4.69) is 0 Å². The van der Waals surface area contributed by atoms with Crippen molar-refractivity contribution in [3.63, 3.8) is 0 Å². The molecule has 22 heavy (non-hydrogen) atoms. The Labute approximate surface area is 134 Å². The highest BCUT2D eigenvalue weighted by Crippen LogP contribution is 2.32. The molecule has 2 nitrogen and oxygen atoms in total. The van der Waals surface area contributed by atoms with Crippen LogP contribution in [0.1, 0.15) is 30.0 Å². The second kappa shape index (κ2) is 6.49. The summed E-state index contributed by atoms with van der Waals surface area (Å²) in [6.07, 6.45) is 2.19. The third kappa shape index (κ3) is 3.30. The average Bonchev–Trinajstić information content (AvgIpc) is 2.99. The van der Waals surface area contributed by atoms with Crippen LogP contribution in [0.5, 0.6) is 0 Å². The molecule has 3 rings (SSSR count). The van der Waals surface area contributed by atoms with Gasteiger partial charge in [-0.15, -0.1) is 0 Å². The molecule has 1 amide bonds. The molecule has 1 aliphatic heterocycles. The van der Waals surface area contributed by atoms with Crippen LogP contribution in [0, 0.1) is 5.82 Å². The van der Waals surface area contributed by atoms with Crippen molar-refractivity contribution in [3.8, 4) is 0 Å². The molecule has 1 heterocycles. The molecular weight excluding hydrogens is 301 g/mol. The molecule has 1 aliphatic rings. The molecule has 0 unspecified atom stereocenters. The van der Waals surface area contributed by atoms with Gasteiger partial charge in [-0.3, -0.25) is 4.79 Å². The third-order valence-corrected chi connectivity index (χ3v) is 4.33. The summed E-state index contributed by atoms with van der Waals surface area (Å²) >= 11 is 5.86. The van der Waals surface area contributed by atoms with Crippen LogP contribution in [0.15, 0.2) is 48.5 Å². The minimum absolute atomic E-state index is 0.0181. The van der Waals surface area contributed by atoms with Gasteiger partial charge >= 0.3 is 0 Å². The fourth-order valence-corrected chi connectivity index (χ4v) is 3.13. The average molecular weight is 318 g/mol. The van der Waals surface area contributed by atoms with Gasteiger partial charge in [-0.2, -0.15) is 0 Å². The van der Waals surface area contributed by atoms with Gasteiger partial charge in [-0.1, -0.05) is 35.9 Å². The maximum atomic E-state index is 13.4. The van der Waals surface area contributed by atoms with Crippen molar-refractivity contribution in [2.75, 3.05) is 6.54 Å². The normalized spacial score (nSPS) is 17.7. The lowest BCUT2D eigenvalue weighted by Gasteiger charge is -2.25. The lowest BCUT2D eigenvalue weighted by atomic mass is 10.0. The van der Waals surface area contributed by atoms with Crippen molar-refractivity contribution in [2.45, 2.75) is 25.3 Å². The van der Waals surface area contributed by atoms with Crippen LogP contribution in [0.25, 0.3) is 0 Å². The first-order valence-electron chi connectivity index (χ1n) is 7.43. The van der Waals surface area contributed by atoms with Crippen molar-refractivity contribution < 1.29 is 9.18 Å². The van der Waals surface area contributed by atoms with Crippen LogP contribution in [0.2, 0.25) is 5.02 Å². The zero-order chi connectivity index (χ0) is 15.5. The zero-order valence-electron chi connectivity index (χ0n) is 12.1. The minimum atomic E-state index is -0.255. The molecule has 1 saturated heterocycles. The summed E-state index contributed by atoms with van der Waals surface area (Å²) in [6.45, 7) is 0.730. The summed E-state index contributed by atoms with van der Waals surface area (Å²) in [5, 5.41) is 0.662. The molecule has 0 aliphatic carbocycles. The van der Waals surface area contributed by atoms with Crippen LogP contribution in [-0.2, 0) is 11.2 Å². The number of hydrogen-bond acceptors (Lipinski definition) is 1. The molecule has 0 spiro atoms. The largest absolute Gasteiger partial charge is 0.335 e. The fourth-order valence-electron chi connectivity index (χ4n) is 3.00. The number of likely N-dealkylation sites (tertiary alicyclic amines) is 1. The van der Waals surface area contributed by atoms with E-state index in [4.69, 9.17) is 11.6 Å². The Morgan fingerprint density at radius 2 is 2.00 bits per heavy atom. The Morgan fingerprint density at radius 3 is 2.73 bits per heavy atom. The van der Waals surface area contributed by atoms with Crippen LogP contribution < -0.4 is 0 Å². The molecular formula is C18H17ClFNO. The molecule has 0 saturated carbocycles. The zero-order valence-corrected chi connectivity index (χ0v) is 12.9. The number of rotatable bonds is 3. The SMILES string of the molecule is O=C(Cc1ccc(Cl)cc1)N1CCC[C@H]1c1cccc(F)c1. The summed E-state index contributed by atoms with van der Waals surface area (Å²) in [5.74, 6) is -0.177. The van der Waals surface area contributed by atoms with E-state index in [9.17, 15) is 9.18 Å². The summed E-state index contributed by atoms with van der Waals surface area (Å²) in [5.41, 5.74) is 1.82. The number of nitrogens with zero attached hydrogens (tertiary/aromatic N) is 1. The fraction of sp³-hybridized carbons (Fsp3) is 0.278. The number of amides is 1. The van der Waals surface area contributed by atoms with Gasteiger partial charge in [0.1, 0.15) is 5.82 Å². The van der Waals surface area contributed by atoms with E-state index in [1.54, 1.807) is 18.2 Å². The number of halogens is 2. The molecule has 2 aromatic carbocycles. The Kier molecular flexibility index (Phi) is 4.44. The van der Waals surface area contributed by atoms with Crippen molar-refractivity contribution in [3.05, 3.63) is 70.5 Å². The first kappa shape index (κ1) is 15.0. The van der Waals surface area contributed by atoms with Gasteiger partial charge in [0.25, 0.3) is 0 Å². The van der Waals surface area contributed by atoms with E-state index in [-0.39, 0.29) is 17.8 Å². The van der Waals surface area contributed by atoms with E-state index in [0.29, 0.717) is 11.4 Å². The van der Waals surface area contributed by atoms with Crippen LogP contribution >= 0.6 is 11.6 Å². The molecule has 1 fully saturated rings. The number of carbonyl (C=O) groups is 1.